The van der Waals surface area contributed by atoms with Crippen LogP contribution in [0.3, 0.4) is 0 Å². The van der Waals surface area contributed by atoms with Gasteiger partial charge in [-0.3, -0.25) is 0 Å². The Labute approximate surface area is 262 Å². The van der Waals surface area contributed by atoms with Crippen LogP contribution in [0.4, 0.5) is 15.8 Å². The molecule has 0 saturated carbocycles. The number of benzene rings is 6. The predicted molar refractivity (Wildman–Crippen MR) is 189 cm³/mol. The standard InChI is InChI=1S/C42H31FN2/c1-3-9-35(4-2)44(36-24-16-31(17-25-36)30-14-22-34(43)23-15-30)37-26-18-32(19-27-37)33-20-28-38(29-21-33)45-41-12-7-5-10-39(41)40-11-6-8-13-42(40)45/h3-29H,1-2H2/b35-9+. The molecule has 0 atom stereocenters. The molecule has 45 heavy (non-hydrogen) atoms. The third-order valence-electron chi connectivity index (χ3n) is 8.22. The van der Waals surface area contributed by atoms with E-state index >= 15 is 0 Å². The number of hydrogen-bond donors (Lipinski definition) is 0. The summed E-state index contributed by atoms with van der Waals surface area (Å²) in [5.74, 6) is -0.241. The number of anilines is 2. The van der Waals surface area contributed by atoms with Crippen LogP contribution in [0.1, 0.15) is 0 Å². The number of hydrogen-bond acceptors (Lipinski definition) is 1. The molecule has 0 N–H and O–H groups in total. The molecule has 2 nitrogen and oxygen atoms in total. The zero-order valence-corrected chi connectivity index (χ0v) is 24.8. The molecule has 0 spiro atoms. The Balaban J connectivity index is 1.20. The maximum absolute atomic E-state index is 13.4. The van der Waals surface area contributed by atoms with Gasteiger partial charge in [0.05, 0.1) is 11.0 Å². The maximum Gasteiger partial charge on any atom is 0.123 e. The van der Waals surface area contributed by atoms with Crippen LogP contribution in [0.15, 0.2) is 183 Å². The molecule has 0 aliphatic carbocycles. The first-order valence-electron chi connectivity index (χ1n) is 14.9. The molecule has 1 aromatic heterocycles. The van der Waals surface area contributed by atoms with Gasteiger partial charge < -0.3 is 9.47 Å². The first kappa shape index (κ1) is 27.9. The van der Waals surface area contributed by atoms with Gasteiger partial charge in [0.1, 0.15) is 5.82 Å². The third kappa shape index (κ3) is 5.26. The fourth-order valence-corrected chi connectivity index (χ4v) is 6.05. The molecule has 6 aromatic carbocycles. The highest BCUT2D eigenvalue weighted by Crippen LogP contribution is 2.35. The van der Waals surface area contributed by atoms with Crippen LogP contribution in [0.5, 0.6) is 0 Å². The van der Waals surface area contributed by atoms with E-state index in [4.69, 9.17) is 0 Å². The monoisotopic (exact) mass is 582 g/mol. The summed E-state index contributed by atoms with van der Waals surface area (Å²) in [7, 11) is 0. The van der Waals surface area contributed by atoms with E-state index < -0.39 is 0 Å². The average Bonchev–Trinajstić information content (AvgIpc) is 3.43. The van der Waals surface area contributed by atoms with Crippen molar-refractivity contribution >= 4 is 33.2 Å². The van der Waals surface area contributed by atoms with Crippen LogP contribution in [-0.2, 0) is 0 Å². The van der Waals surface area contributed by atoms with Crippen molar-refractivity contribution in [3.8, 4) is 27.9 Å². The SMILES string of the molecule is C=C/C=C(\C=C)N(c1ccc(-c2ccc(F)cc2)cc1)c1ccc(-c2ccc(-n3c4ccccc4c4ccccc43)cc2)cc1. The molecule has 0 bridgehead atoms. The fourth-order valence-electron chi connectivity index (χ4n) is 6.05. The second-order valence-corrected chi connectivity index (χ2v) is 10.9. The summed E-state index contributed by atoms with van der Waals surface area (Å²) in [5, 5.41) is 2.51. The number of nitrogens with zero attached hydrogens (tertiary/aromatic N) is 2. The summed E-state index contributed by atoms with van der Waals surface area (Å²) >= 11 is 0. The maximum atomic E-state index is 13.4. The highest BCUT2D eigenvalue weighted by Gasteiger charge is 2.14. The molecule has 0 amide bonds. The van der Waals surface area contributed by atoms with Gasteiger partial charge in [0.2, 0.25) is 0 Å². The number of aromatic nitrogens is 1. The summed E-state index contributed by atoms with van der Waals surface area (Å²) in [6.07, 6.45) is 5.54. The van der Waals surface area contributed by atoms with Crippen LogP contribution < -0.4 is 4.90 Å². The second-order valence-electron chi connectivity index (χ2n) is 10.9. The molecule has 0 aliphatic heterocycles. The van der Waals surface area contributed by atoms with Gasteiger partial charge in [0, 0.05) is 33.5 Å². The Morgan fingerprint density at radius 2 is 0.956 bits per heavy atom. The molecule has 0 unspecified atom stereocenters. The summed E-state index contributed by atoms with van der Waals surface area (Å²) < 4.78 is 15.8. The van der Waals surface area contributed by atoms with Crippen molar-refractivity contribution in [3.63, 3.8) is 0 Å². The lowest BCUT2D eigenvalue weighted by atomic mass is 10.0. The summed E-state index contributed by atoms with van der Waals surface area (Å²) in [6.45, 7) is 7.97. The van der Waals surface area contributed by atoms with E-state index in [9.17, 15) is 4.39 Å². The number of allylic oxidation sites excluding steroid dienone is 3. The smallest absolute Gasteiger partial charge is 0.123 e. The highest BCUT2D eigenvalue weighted by atomic mass is 19.1. The minimum Gasteiger partial charge on any atom is -0.311 e. The lowest BCUT2D eigenvalue weighted by Gasteiger charge is -2.26. The van der Waals surface area contributed by atoms with Crippen molar-refractivity contribution in [1.29, 1.82) is 0 Å². The van der Waals surface area contributed by atoms with Crippen LogP contribution in [0.25, 0.3) is 49.7 Å². The molecule has 0 radical (unpaired) electrons. The normalized spacial score (nSPS) is 11.5. The second kappa shape index (κ2) is 12.0. The molecule has 0 fully saturated rings. The summed E-state index contributed by atoms with van der Waals surface area (Å²) in [6, 6.07) is 49.3. The van der Waals surface area contributed by atoms with Gasteiger partial charge in [0.15, 0.2) is 0 Å². The molecule has 7 aromatic rings. The van der Waals surface area contributed by atoms with E-state index in [1.807, 2.05) is 12.2 Å². The quantitative estimate of drug-likeness (QED) is 0.162. The number of rotatable bonds is 8. The van der Waals surface area contributed by atoms with Crippen molar-refractivity contribution in [3.05, 3.63) is 188 Å². The summed E-state index contributed by atoms with van der Waals surface area (Å²) in [5.41, 5.74) is 10.7. The van der Waals surface area contributed by atoms with Crippen molar-refractivity contribution in [2.75, 3.05) is 4.90 Å². The molecular formula is C42H31FN2. The minimum atomic E-state index is -0.241. The lowest BCUT2D eigenvalue weighted by molar-refractivity contribution is 0.628. The van der Waals surface area contributed by atoms with Crippen LogP contribution in [0.2, 0.25) is 0 Å². The molecule has 0 aliphatic rings. The Kier molecular flexibility index (Phi) is 7.42. The van der Waals surface area contributed by atoms with Crippen molar-refractivity contribution < 1.29 is 4.39 Å². The number of para-hydroxylation sites is 2. The Bertz CT molecular complexity index is 2110. The van der Waals surface area contributed by atoms with E-state index in [1.54, 1.807) is 18.2 Å². The van der Waals surface area contributed by atoms with E-state index in [0.29, 0.717) is 0 Å². The number of halogens is 1. The lowest BCUT2D eigenvalue weighted by Crippen LogP contribution is -2.14. The first-order valence-corrected chi connectivity index (χ1v) is 14.9. The topological polar surface area (TPSA) is 8.17 Å². The highest BCUT2D eigenvalue weighted by molar-refractivity contribution is 6.09. The van der Waals surface area contributed by atoms with Crippen molar-refractivity contribution in [2.24, 2.45) is 0 Å². The zero-order chi connectivity index (χ0) is 30.8. The van der Waals surface area contributed by atoms with E-state index in [1.165, 1.54) is 33.9 Å². The minimum absolute atomic E-state index is 0.241. The molecular weight excluding hydrogens is 551 g/mol. The van der Waals surface area contributed by atoms with Crippen LogP contribution in [0, 0.1) is 5.82 Å². The molecule has 7 rings (SSSR count). The van der Waals surface area contributed by atoms with E-state index in [2.05, 4.69) is 144 Å². The van der Waals surface area contributed by atoms with Gasteiger partial charge in [-0.2, -0.15) is 0 Å². The van der Waals surface area contributed by atoms with Gasteiger partial charge in [-0.1, -0.05) is 104 Å². The van der Waals surface area contributed by atoms with Crippen molar-refractivity contribution in [2.45, 2.75) is 0 Å². The molecule has 1 heterocycles. The molecule has 216 valence electrons. The van der Waals surface area contributed by atoms with Gasteiger partial charge in [-0.05, 0) is 95.1 Å². The third-order valence-corrected chi connectivity index (χ3v) is 8.22. The predicted octanol–water partition coefficient (Wildman–Crippen LogP) is 11.7. The van der Waals surface area contributed by atoms with Gasteiger partial charge in [-0.15, -0.1) is 0 Å². The fraction of sp³-hybridized carbons (Fsp3) is 0. The van der Waals surface area contributed by atoms with E-state index in [0.717, 1.165) is 45.0 Å². The van der Waals surface area contributed by atoms with Crippen LogP contribution in [-0.4, -0.2) is 4.57 Å². The van der Waals surface area contributed by atoms with Crippen LogP contribution >= 0.6 is 0 Å². The first-order chi connectivity index (χ1) is 22.1. The summed E-state index contributed by atoms with van der Waals surface area (Å²) in [4.78, 5) is 2.15. The van der Waals surface area contributed by atoms with Crippen molar-refractivity contribution in [1.82, 2.24) is 4.57 Å². The van der Waals surface area contributed by atoms with Gasteiger partial charge in [0.25, 0.3) is 0 Å². The van der Waals surface area contributed by atoms with Gasteiger partial charge >= 0.3 is 0 Å². The Hall–Kier alpha value is -5.93. The van der Waals surface area contributed by atoms with E-state index in [-0.39, 0.29) is 5.82 Å². The van der Waals surface area contributed by atoms with Gasteiger partial charge in [-0.25, -0.2) is 4.39 Å². The zero-order valence-electron chi connectivity index (χ0n) is 24.8. The largest absolute Gasteiger partial charge is 0.311 e. The number of fused-ring (bicyclic) bond motifs is 3. The Morgan fingerprint density at radius 1 is 0.533 bits per heavy atom. The molecule has 0 saturated heterocycles. The molecule has 3 heteroatoms. The average molecular weight is 583 g/mol. The Morgan fingerprint density at radius 3 is 1.40 bits per heavy atom.